The van der Waals surface area contributed by atoms with Gasteiger partial charge in [-0.2, -0.15) is 0 Å². The lowest BCUT2D eigenvalue weighted by atomic mass is 10.3. The third-order valence-electron chi connectivity index (χ3n) is 1.32. The van der Waals surface area contributed by atoms with E-state index in [2.05, 4.69) is 5.32 Å². The van der Waals surface area contributed by atoms with Crippen molar-refractivity contribution in [1.82, 2.24) is 10.6 Å². The van der Waals surface area contributed by atoms with Gasteiger partial charge in [0.2, 0.25) is 11.8 Å². The highest BCUT2D eigenvalue weighted by atomic mass is 16.2. The van der Waals surface area contributed by atoms with Gasteiger partial charge in [0.1, 0.15) is 0 Å². The minimum Gasteiger partial charge on any atom is -0.370 e. The second-order valence-electron chi connectivity index (χ2n) is 2.66. The van der Waals surface area contributed by atoms with Crippen LogP contribution in [0.3, 0.4) is 0 Å². The third kappa shape index (κ3) is 8.47. The fraction of sp³-hybridized carbons (Fsp3) is 0.571. The standard InChI is InChI=1S/C7H14N4O3/c8-5(12)2-1-3-10-4-6(13)11-7(9)14/h10H,1-4H2,(H2,8,12)(H3,9,11,13,14). The molecular formula is C7H14N4O3. The summed E-state index contributed by atoms with van der Waals surface area (Å²) in [5.74, 6) is -0.884. The van der Waals surface area contributed by atoms with Gasteiger partial charge in [-0.1, -0.05) is 0 Å². The molecule has 0 heterocycles. The Morgan fingerprint density at radius 3 is 2.29 bits per heavy atom. The monoisotopic (exact) mass is 202 g/mol. The quantitative estimate of drug-likeness (QED) is 0.373. The van der Waals surface area contributed by atoms with Crippen LogP contribution in [-0.2, 0) is 9.59 Å². The summed E-state index contributed by atoms with van der Waals surface area (Å²) in [4.78, 5) is 31.3. The summed E-state index contributed by atoms with van der Waals surface area (Å²) in [5.41, 5.74) is 9.60. The van der Waals surface area contributed by atoms with E-state index in [1.54, 1.807) is 0 Å². The van der Waals surface area contributed by atoms with E-state index in [1.807, 2.05) is 5.32 Å². The van der Waals surface area contributed by atoms with Crippen molar-refractivity contribution < 1.29 is 14.4 Å². The number of primary amides is 2. The fourth-order valence-corrected chi connectivity index (χ4v) is 0.771. The van der Waals surface area contributed by atoms with Crippen molar-refractivity contribution >= 4 is 17.8 Å². The zero-order chi connectivity index (χ0) is 11.0. The van der Waals surface area contributed by atoms with Crippen molar-refractivity contribution in [3.8, 4) is 0 Å². The van der Waals surface area contributed by atoms with Crippen molar-refractivity contribution in [3.05, 3.63) is 0 Å². The molecule has 0 atom stereocenters. The number of hydrogen-bond donors (Lipinski definition) is 4. The Hall–Kier alpha value is -1.63. The predicted molar refractivity (Wildman–Crippen MR) is 49.0 cm³/mol. The van der Waals surface area contributed by atoms with Crippen LogP contribution in [0.1, 0.15) is 12.8 Å². The molecule has 0 aromatic carbocycles. The van der Waals surface area contributed by atoms with Crippen LogP contribution in [0.4, 0.5) is 4.79 Å². The molecule has 0 radical (unpaired) electrons. The molecule has 7 heteroatoms. The molecule has 0 aromatic rings. The van der Waals surface area contributed by atoms with Gasteiger partial charge in [0.15, 0.2) is 0 Å². The highest BCUT2D eigenvalue weighted by Gasteiger charge is 2.02. The maximum atomic E-state index is 10.8. The highest BCUT2D eigenvalue weighted by Crippen LogP contribution is 1.83. The van der Waals surface area contributed by atoms with E-state index in [4.69, 9.17) is 11.5 Å². The molecule has 0 unspecified atom stereocenters. The van der Waals surface area contributed by atoms with Crippen LogP contribution in [0, 0.1) is 0 Å². The van der Waals surface area contributed by atoms with E-state index >= 15 is 0 Å². The first-order chi connectivity index (χ1) is 6.52. The molecule has 0 aliphatic rings. The number of urea groups is 1. The number of amides is 4. The van der Waals surface area contributed by atoms with Gasteiger partial charge in [-0.05, 0) is 13.0 Å². The molecule has 0 aromatic heterocycles. The summed E-state index contributed by atoms with van der Waals surface area (Å²) in [6, 6.07) is -0.881. The Balaban J connectivity index is 3.32. The molecule has 0 spiro atoms. The minimum atomic E-state index is -0.881. The SMILES string of the molecule is NC(=O)CCCNCC(=O)NC(N)=O. The largest absolute Gasteiger partial charge is 0.370 e. The molecule has 4 amide bonds. The van der Waals surface area contributed by atoms with Gasteiger partial charge >= 0.3 is 6.03 Å². The molecule has 0 saturated carbocycles. The van der Waals surface area contributed by atoms with Crippen LogP contribution in [0.25, 0.3) is 0 Å². The Bertz CT molecular complexity index is 229. The Labute approximate surface area is 81.2 Å². The van der Waals surface area contributed by atoms with Crippen LogP contribution in [-0.4, -0.2) is 30.9 Å². The Morgan fingerprint density at radius 1 is 1.14 bits per heavy atom. The Kier molecular flexibility index (Phi) is 6.04. The molecule has 0 aliphatic heterocycles. The molecule has 0 aliphatic carbocycles. The number of hydrogen-bond acceptors (Lipinski definition) is 4. The summed E-state index contributed by atoms with van der Waals surface area (Å²) in [6.07, 6.45) is 0.823. The molecule has 6 N–H and O–H groups in total. The fourth-order valence-electron chi connectivity index (χ4n) is 0.771. The highest BCUT2D eigenvalue weighted by molar-refractivity contribution is 5.94. The van der Waals surface area contributed by atoms with Crippen molar-refractivity contribution in [1.29, 1.82) is 0 Å². The molecule has 7 nitrogen and oxygen atoms in total. The van der Waals surface area contributed by atoms with Crippen molar-refractivity contribution in [2.45, 2.75) is 12.8 Å². The first-order valence-corrected chi connectivity index (χ1v) is 4.10. The molecule has 14 heavy (non-hydrogen) atoms. The topological polar surface area (TPSA) is 127 Å². The number of nitrogens with two attached hydrogens (primary N) is 2. The van der Waals surface area contributed by atoms with Crippen LogP contribution in [0.2, 0.25) is 0 Å². The van der Waals surface area contributed by atoms with E-state index in [9.17, 15) is 14.4 Å². The molecule has 0 fully saturated rings. The van der Waals surface area contributed by atoms with Gasteiger partial charge in [-0.15, -0.1) is 0 Å². The first kappa shape index (κ1) is 12.4. The van der Waals surface area contributed by atoms with Gasteiger partial charge in [0, 0.05) is 6.42 Å². The first-order valence-electron chi connectivity index (χ1n) is 4.10. The zero-order valence-corrected chi connectivity index (χ0v) is 7.71. The van der Waals surface area contributed by atoms with Crippen LogP contribution in [0.5, 0.6) is 0 Å². The van der Waals surface area contributed by atoms with E-state index in [-0.39, 0.29) is 18.9 Å². The number of rotatable bonds is 6. The smallest absolute Gasteiger partial charge is 0.318 e. The van der Waals surface area contributed by atoms with Crippen LogP contribution in [0.15, 0.2) is 0 Å². The van der Waals surface area contributed by atoms with E-state index in [0.29, 0.717) is 13.0 Å². The predicted octanol–water partition coefficient (Wildman–Crippen LogP) is -1.96. The van der Waals surface area contributed by atoms with Gasteiger partial charge in [0.25, 0.3) is 0 Å². The van der Waals surface area contributed by atoms with Crippen LogP contribution >= 0.6 is 0 Å². The molecular weight excluding hydrogens is 188 g/mol. The van der Waals surface area contributed by atoms with E-state index in [1.165, 1.54) is 0 Å². The minimum absolute atomic E-state index is 0.0122. The summed E-state index contributed by atoms with van der Waals surface area (Å²) in [5, 5.41) is 4.61. The second-order valence-corrected chi connectivity index (χ2v) is 2.66. The number of imide groups is 1. The normalized spacial score (nSPS) is 9.43. The van der Waals surface area contributed by atoms with Gasteiger partial charge in [0.05, 0.1) is 6.54 Å². The number of carbonyl (C=O) groups is 3. The van der Waals surface area contributed by atoms with Crippen molar-refractivity contribution in [3.63, 3.8) is 0 Å². The third-order valence-corrected chi connectivity index (χ3v) is 1.32. The average molecular weight is 202 g/mol. The summed E-state index contributed by atoms with van der Waals surface area (Å²) in [6.45, 7) is 0.469. The second kappa shape index (κ2) is 6.84. The van der Waals surface area contributed by atoms with Crippen molar-refractivity contribution in [2.24, 2.45) is 11.5 Å². The summed E-state index contributed by atoms with van der Waals surface area (Å²) in [7, 11) is 0. The number of nitrogens with one attached hydrogen (secondary N) is 2. The Morgan fingerprint density at radius 2 is 1.79 bits per heavy atom. The molecule has 0 bridgehead atoms. The lowest BCUT2D eigenvalue weighted by Gasteiger charge is -2.02. The summed E-state index contributed by atoms with van der Waals surface area (Å²) < 4.78 is 0. The molecule has 0 saturated heterocycles. The van der Waals surface area contributed by atoms with Gasteiger partial charge in [-0.25, -0.2) is 4.79 Å². The van der Waals surface area contributed by atoms with Gasteiger partial charge in [-0.3, -0.25) is 14.9 Å². The van der Waals surface area contributed by atoms with E-state index < -0.39 is 11.9 Å². The molecule has 0 rings (SSSR count). The zero-order valence-electron chi connectivity index (χ0n) is 7.71. The van der Waals surface area contributed by atoms with Gasteiger partial charge < -0.3 is 16.8 Å². The van der Waals surface area contributed by atoms with Crippen molar-refractivity contribution in [2.75, 3.05) is 13.1 Å². The molecule has 80 valence electrons. The summed E-state index contributed by atoms with van der Waals surface area (Å²) >= 11 is 0. The lowest BCUT2D eigenvalue weighted by Crippen LogP contribution is -2.40. The van der Waals surface area contributed by atoms with E-state index in [0.717, 1.165) is 0 Å². The maximum absolute atomic E-state index is 10.8. The lowest BCUT2D eigenvalue weighted by molar-refractivity contribution is -0.119. The number of carbonyl (C=O) groups excluding carboxylic acids is 3. The maximum Gasteiger partial charge on any atom is 0.318 e. The average Bonchev–Trinajstić information content (AvgIpc) is 2.01. The van der Waals surface area contributed by atoms with Crippen LogP contribution < -0.4 is 22.1 Å².